The van der Waals surface area contributed by atoms with E-state index in [9.17, 15) is 19.2 Å². The summed E-state index contributed by atoms with van der Waals surface area (Å²) >= 11 is 0. The maximum Gasteiger partial charge on any atom is 0.255 e. The maximum absolute atomic E-state index is 12.8. The van der Waals surface area contributed by atoms with Crippen LogP contribution in [0.4, 0.5) is 0 Å². The molecule has 6 heteroatoms. The van der Waals surface area contributed by atoms with Gasteiger partial charge in [-0.05, 0) is 42.9 Å². The predicted octanol–water partition coefficient (Wildman–Crippen LogP) is 2.14. The summed E-state index contributed by atoms with van der Waals surface area (Å²) in [6.45, 7) is 0.432. The Morgan fingerprint density at radius 2 is 1.92 bits per heavy atom. The van der Waals surface area contributed by atoms with E-state index >= 15 is 0 Å². The first-order chi connectivity index (χ1) is 12.6. The van der Waals surface area contributed by atoms with Crippen molar-refractivity contribution in [3.05, 3.63) is 34.9 Å². The van der Waals surface area contributed by atoms with Crippen molar-refractivity contribution in [2.24, 2.45) is 0 Å². The Labute approximate surface area is 152 Å². The quantitative estimate of drug-likeness (QED) is 0.439. The number of carbonyl (C=O) groups is 4. The minimum Gasteiger partial charge on any atom is -0.322 e. The third-order valence-corrected chi connectivity index (χ3v) is 5.20. The highest BCUT2D eigenvalue weighted by Crippen LogP contribution is 2.30. The van der Waals surface area contributed by atoms with Crippen molar-refractivity contribution >= 4 is 24.0 Å². The molecule has 3 amide bonds. The van der Waals surface area contributed by atoms with E-state index in [1.165, 1.54) is 0 Å². The van der Waals surface area contributed by atoms with Crippen LogP contribution in [0.1, 0.15) is 66.4 Å². The van der Waals surface area contributed by atoms with Crippen LogP contribution in [0.3, 0.4) is 0 Å². The largest absolute Gasteiger partial charge is 0.322 e. The summed E-state index contributed by atoms with van der Waals surface area (Å²) in [5.41, 5.74) is 2.84. The summed E-state index contributed by atoms with van der Waals surface area (Å²) in [5, 5.41) is 2.33. The van der Waals surface area contributed by atoms with Crippen molar-refractivity contribution in [2.45, 2.75) is 64.0 Å². The first kappa shape index (κ1) is 18.3. The molecule has 6 nitrogen and oxygen atoms in total. The standard InChI is InChI=1S/C20H24N2O4/c23-12-5-3-1-2-4-7-14-8-6-9-15-16(14)13-22(20(15)26)17-10-11-18(24)21-19(17)25/h6,8-9,12,17H,1-5,7,10-11,13H2,(H,21,24,25). The van der Waals surface area contributed by atoms with Crippen LogP contribution in [0.25, 0.3) is 0 Å². The number of fused-ring (bicyclic) bond motifs is 1. The minimum atomic E-state index is -0.566. The molecule has 3 rings (SSSR count). The number of piperidine rings is 1. The summed E-state index contributed by atoms with van der Waals surface area (Å²) in [6, 6.07) is 5.19. The Morgan fingerprint density at radius 1 is 1.12 bits per heavy atom. The molecule has 1 unspecified atom stereocenters. The molecule has 1 fully saturated rings. The molecule has 0 aliphatic carbocycles. The number of nitrogens with one attached hydrogen (secondary N) is 1. The summed E-state index contributed by atoms with van der Waals surface area (Å²) in [5.74, 6) is -0.771. The van der Waals surface area contributed by atoms with Crippen LogP contribution in [0.2, 0.25) is 0 Å². The fourth-order valence-corrected chi connectivity index (χ4v) is 3.78. The Balaban J connectivity index is 1.65. The van der Waals surface area contributed by atoms with E-state index in [0.29, 0.717) is 24.9 Å². The fraction of sp³-hybridized carbons (Fsp3) is 0.500. The van der Waals surface area contributed by atoms with Crippen molar-refractivity contribution in [1.29, 1.82) is 0 Å². The van der Waals surface area contributed by atoms with E-state index in [1.807, 2.05) is 18.2 Å². The van der Waals surface area contributed by atoms with E-state index in [2.05, 4.69) is 5.32 Å². The highest BCUT2D eigenvalue weighted by Gasteiger charge is 2.39. The molecular weight excluding hydrogens is 332 g/mol. The van der Waals surface area contributed by atoms with Gasteiger partial charge in [-0.1, -0.05) is 25.0 Å². The molecule has 0 aromatic heterocycles. The highest BCUT2D eigenvalue weighted by atomic mass is 16.2. The molecule has 2 aliphatic rings. The Morgan fingerprint density at radius 3 is 2.69 bits per heavy atom. The number of aryl methyl sites for hydroxylation is 1. The van der Waals surface area contributed by atoms with Crippen LogP contribution in [0, 0.1) is 0 Å². The van der Waals surface area contributed by atoms with E-state index in [4.69, 9.17) is 0 Å². The summed E-state index contributed by atoms with van der Waals surface area (Å²) in [6.07, 6.45) is 7.16. The van der Waals surface area contributed by atoms with Crippen LogP contribution in [-0.2, 0) is 27.3 Å². The lowest BCUT2D eigenvalue weighted by molar-refractivity contribution is -0.136. The number of imide groups is 1. The zero-order valence-electron chi connectivity index (χ0n) is 14.8. The number of nitrogens with zero attached hydrogens (tertiary/aromatic N) is 1. The molecule has 2 heterocycles. The number of rotatable bonds is 8. The van der Waals surface area contributed by atoms with Crippen LogP contribution >= 0.6 is 0 Å². The second-order valence-corrected chi connectivity index (χ2v) is 6.96. The van der Waals surface area contributed by atoms with E-state index in [-0.39, 0.29) is 24.1 Å². The van der Waals surface area contributed by atoms with E-state index < -0.39 is 6.04 Å². The molecule has 1 aromatic rings. The van der Waals surface area contributed by atoms with Gasteiger partial charge in [0.25, 0.3) is 5.91 Å². The van der Waals surface area contributed by atoms with Crippen LogP contribution < -0.4 is 5.32 Å². The lowest BCUT2D eigenvalue weighted by Gasteiger charge is -2.29. The van der Waals surface area contributed by atoms with E-state index in [0.717, 1.165) is 49.5 Å². The van der Waals surface area contributed by atoms with Crippen molar-refractivity contribution < 1.29 is 19.2 Å². The zero-order chi connectivity index (χ0) is 18.5. The van der Waals surface area contributed by atoms with Crippen molar-refractivity contribution in [2.75, 3.05) is 0 Å². The van der Waals surface area contributed by atoms with Gasteiger partial charge < -0.3 is 9.69 Å². The Hall–Kier alpha value is -2.50. The van der Waals surface area contributed by atoms with Crippen LogP contribution in [0.15, 0.2) is 18.2 Å². The number of unbranched alkanes of at least 4 members (excludes halogenated alkanes) is 4. The van der Waals surface area contributed by atoms with Gasteiger partial charge >= 0.3 is 0 Å². The molecule has 1 N–H and O–H groups in total. The summed E-state index contributed by atoms with van der Waals surface area (Å²) in [7, 11) is 0. The molecule has 138 valence electrons. The minimum absolute atomic E-state index is 0.123. The smallest absolute Gasteiger partial charge is 0.255 e. The number of carbonyl (C=O) groups excluding carboxylic acids is 4. The third-order valence-electron chi connectivity index (χ3n) is 5.20. The molecule has 1 atom stereocenters. The normalized spacial score (nSPS) is 19.5. The van der Waals surface area contributed by atoms with Crippen molar-refractivity contribution in [1.82, 2.24) is 10.2 Å². The zero-order valence-corrected chi connectivity index (χ0v) is 14.8. The highest BCUT2D eigenvalue weighted by molar-refractivity contribution is 6.05. The van der Waals surface area contributed by atoms with Gasteiger partial charge in [0.05, 0.1) is 0 Å². The van der Waals surface area contributed by atoms with E-state index in [1.54, 1.807) is 4.90 Å². The SMILES string of the molecule is O=CCCCCCCc1cccc2c1CN(C1CCC(=O)NC1=O)C2=O. The second-order valence-electron chi connectivity index (χ2n) is 6.96. The van der Waals surface area contributed by atoms with Gasteiger partial charge in [0.1, 0.15) is 12.3 Å². The van der Waals surface area contributed by atoms with Gasteiger partial charge in [0.2, 0.25) is 11.8 Å². The first-order valence-corrected chi connectivity index (χ1v) is 9.31. The lowest BCUT2D eigenvalue weighted by atomic mass is 9.98. The van der Waals surface area contributed by atoms with Gasteiger partial charge in [-0.2, -0.15) is 0 Å². The molecule has 0 radical (unpaired) electrons. The van der Waals surface area contributed by atoms with Crippen molar-refractivity contribution in [3.63, 3.8) is 0 Å². The van der Waals surface area contributed by atoms with Crippen LogP contribution in [-0.4, -0.2) is 34.9 Å². The van der Waals surface area contributed by atoms with Crippen LogP contribution in [0.5, 0.6) is 0 Å². The maximum atomic E-state index is 12.8. The molecule has 1 saturated heterocycles. The Bertz CT molecular complexity index is 729. The van der Waals surface area contributed by atoms with Gasteiger partial charge in [-0.25, -0.2) is 0 Å². The van der Waals surface area contributed by atoms with Gasteiger partial charge in [0, 0.05) is 24.9 Å². The predicted molar refractivity (Wildman–Crippen MR) is 95.3 cm³/mol. The molecule has 0 bridgehead atoms. The number of aldehydes is 1. The monoisotopic (exact) mass is 356 g/mol. The first-order valence-electron chi connectivity index (χ1n) is 9.31. The topological polar surface area (TPSA) is 83.6 Å². The number of benzene rings is 1. The average molecular weight is 356 g/mol. The average Bonchev–Trinajstić information content (AvgIpc) is 2.96. The molecular formula is C20H24N2O4. The third kappa shape index (κ3) is 3.84. The molecule has 1 aromatic carbocycles. The number of hydrogen-bond donors (Lipinski definition) is 1. The lowest BCUT2D eigenvalue weighted by Crippen LogP contribution is -2.52. The summed E-state index contributed by atoms with van der Waals surface area (Å²) in [4.78, 5) is 48.2. The second kappa shape index (κ2) is 8.25. The molecule has 2 aliphatic heterocycles. The molecule has 26 heavy (non-hydrogen) atoms. The van der Waals surface area contributed by atoms with Crippen molar-refractivity contribution in [3.8, 4) is 0 Å². The number of amides is 3. The summed E-state index contributed by atoms with van der Waals surface area (Å²) < 4.78 is 0. The van der Waals surface area contributed by atoms with Gasteiger partial charge in [0.15, 0.2) is 0 Å². The number of hydrogen-bond acceptors (Lipinski definition) is 4. The van der Waals surface area contributed by atoms with Gasteiger partial charge in [-0.3, -0.25) is 19.7 Å². The molecule has 0 spiro atoms. The fourth-order valence-electron chi connectivity index (χ4n) is 3.78. The van der Waals surface area contributed by atoms with Gasteiger partial charge in [-0.15, -0.1) is 0 Å². The Kier molecular flexibility index (Phi) is 5.81. The molecule has 0 saturated carbocycles.